The molecule has 0 aliphatic carbocycles. The molecule has 1 atom stereocenters. The van der Waals surface area contributed by atoms with Crippen LogP contribution >= 0.6 is 11.6 Å². The van der Waals surface area contributed by atoms with E-state index in [1.165, 1.54) is 12.8 Å². The first-order valence-corrected chi connectivity index (χ1v) is 5.28. The molecular formula is C10H22ClN. The van der Waals surface area contributed by atoms with Crippen molar-refractivity contribution >= 4 is 11.6 Å². The van der Waals surface area contributed by atoms with Crippen molar-refractivity contribution in [3.8, 4) is 0 Å². The molecule has 0 aliphatic heterocycles. The van der Waals surface area contributed by atoms with Crippen LogP contribution in [0.1, 0.15) is 40.5 Å². The van der Waals surface area contributed by atoms with Gasteiger partial charge in [-0.2, -0.15) is 0 Å². The number of alkyl halides is 1. The molecule has 1 nitrogen and oxygen atoms in total. The monoisotopic (exact) mass is 191 g/mol. The van der Waals surface area contributed by atoms with Gasteiger partial charge < -0.3 is 0 Å². The maximum Gasteiger partial charge on any atom is 0.0402 e. The second-order valence-electron chi connectivity index (χ2n) is 4.19. The Bertz CT molecular complexity index is 123. The van der Waals surface area contributed by atoms with Crippen molar-refractivity contribution in [2.24, 2.45) is 0 Å². The lowest BCUT2D eigenvalue weighted by molar-refractivity contribution is 0.123. The average molecular weight is 192 g/mol. The third-order valence-electron chi connectivity index (χ3n) is 2.65. The van der Waals surface area contributed by atoms with Crippen LogP contribution in [-0.2, 0) is 0 Å². The predicted octanol–water partition coefficient (Wildman–Crippen LogP) is 3.12. The molecule has 0 fully saturated rings. The largest absolute Gasteiger partial charge is 0.297 e. The molecule has 0 spiro atoms. The minimum Gasteiger partial charge on any atom is -0.297 e. The fraction of sp³-hybridized carbons (Fsp3) is 1.00. The molecule has 0 radical (unpaired) electrons. The van der Waals surface area contributed by atoms with Gasteiger partial charge in [-0.3, -0.25) is 4.90 Å². The Morgan fingerprint density at radius 1 is 1.42 bits per heavy atom. The fourth-order valence-corrected chi connectivity index (χ4v) is 1.49. The molecule has 0 saturated heterocycles. The molecule has 0 amide bonds. The van der Waals surface area contributed by atoms with Crippen LogP contribution in [0.15, 0.2) is 0 Å². The fourth-order valence-electron chi connectivity index (χ4n) is 1.30. The topological polar surface area (TPSA) is 3.24 Å². The van der Waals surface area contributed by atoms with Gasteiger partial charge in [0.05, 0.1) is 0 Å². The van der Waals surface area contributed by atoms with E-state index in [1.54, 1.807) is 0 Å². The molecule has 12 heavy (non-hydrogen) atoms. The summed E-state index contributed by atoms with van der Waals surface area (Å²) in [5.41, 5.74) is 0.121. The van der Waals surface area contributed by atoms with Crippen molar-refractivity contribution in [1.82, 2.24) is 4.90 Å². The number of rotatable bonds is 5. The van der Waals surface area contributed by atoms with Crippen LogP contribution in [0.3, 0.4) is 0 Å². The molecule has 0 aromatic rings. The van der Waals surface area contributed by atoms with Gasteiger partial charge in [0.15, 0.2) is 0 Å². The van der Waals surface area contributed by atoms with Crippen molar-refractivity contribution < 1.29 is 0 Å². The second-order valence-corrected chi connectivity index (χ2v) is 4.46. The highest BCUT2D eigenvalue weighted by Crippen LogP contribution is 2.19. The summed E-state index contributed by atoms with van der Waals surface area (Å²) >= 11 is 5.89. The zero-order chi connectivity index (χ0) is 9.78. The Labute approximate surface area is 82.1 Å². The lowest BCUT2D eigenvalue weighted by Crippen LogP contribution is -2.47. The van der Waals surface area contributed by atoms with Crippen LogP contribution < -0.4 is 0 Å². The van der Waals surface area contributed by atoms with Gasteiger partial charge in [0.25, 0.3) is 0 Å². The number of halogens is 1. The maximum atomic E-state index is 5.89. The molecule has 74 valence electrons. The van der Waals surface area contributed by atoms with Gasteiger partial charge in [0.2, 0.25) is 0 Å². The summed E-state index contributed by atoms with van der Waals surface area (Å²) < 4.78 is 0. The van der Waals surface area contributed by atoms with Crippen LogP contribution in [0.2, 0.25) is 0 Å². The molecule has 0 aromatic carbocycles. The highest BCUT2D eigenvalue weighted by Gasteiger charge is 2.25. The molecule has 0 saturated carbocycles. The minimum atomic E-state index is 0.121. The van der Waals surface area contributed by atoms with E-state index in [0.717, 1.165) is 0 Å². The molecule has 0 aliphatic rings. The van der Waals surface area contributed by atoms with Gasteiger partial charge in [-0.1, -0.05) is 13.3 Å². The summed E-state index contributed by atoms with van der Waals surface area (Å²) in [6.07, 6.45) is 2.49. The van der Waals surface area contributed by atoms with E-state index >= 15 is 0 Å². The summed E-state index contributed by atoms with van der Waals surface area (Å²) in [6.45, 7) is 8.86. The lowest BCUT2D eigenvalue weighted by Gasteiger charge is -2.38. The van der Waals surface area contributed by atoms with E-state index in [2.05, 4.69) is 39.6 Å². The summed E-state index contributed by atoms with van der Waals surface area (Å²) in [7, 11) is 2.16. The quantitative estimate of drug-likeness (QED) is 0.604. The molecule has 0 rings (SSSR count). The molecule has 1 unspecified atom stereocenters. The molecule has 2 heteroatoms. The first-order chi connectivity index (χ1) is 5.45. The van der Waals surface area contributed by atoms with Gasteiger partial charge in [-0.25, -0.2) is 0 Å². The predicted molar refractivity (Wildman–Crippen MR) is 56.9 cm³/mol. The molecule has 0 N–H and O–H groups in total. The van der Waals surface area contributed by atoms with Crippen molar-refractivity contribution in [2.75, 3.05) is 12.9 Å². The summed E-state index contributed by atoms with van der Waals surface area (Å²) in [5, 5.41) is 0. The van der Waals surface area contributed by atoms with Crippen LogP contribution in [0.5, 0.6) is 0 Å². The number of nitrogens with zero attached hydrogens (tertiary/aromatic N) is 1. The molecular weight excluding hydrogens is 170 g/mol. The standard InChI is InChI=1S/C10H22ClN/c1-6-7-9(2)12(5)10(3,4)8-11/h9H,6-8H2,1-5H3. The average Bonchev–Trinajstić information content (AvgIpc) is 2.03. The Balaban J connectivity index is 4.07. The third-order valence-corrected chi connectivity index (χ3v) is 3.30. The Hall–Kier alpha value is 0.250. The van der Waals surface area contributed by atoms with Crippen LogP contribution in [0.25, 0.3) is 0 Å². The Kier molecular flexibility index (Phi) is 5.19. The maximum absolute atomic E-state index is 5.89. The molecule has 0 aromatic heterocycles. The van der Waals surface area contributed by atoms with Gasteiger partial charge in [-0.05, 0) is 34.2 Å². The van der Waals surface area contributed by atoms with Crippen LogP contribution in [0, 0.1) is 0 Å². The van der Waals surface area contributed by atoms with Crippen molar-refractivity contribution in [3.05, 3.63) is 0 Å². The third kappa shape index (κ3) is 3.32. The van der Waals surface area contributed by atoms with Crippen LogP contribution in [0.4, 0.5) is 0 Å². The number of hydrogen-bond donors (Lipinski definition) is 0. The lowest BCUT2D eigenvalue weighted by atomic mass is 10.0. The van der Waals surface area contributed by atoms with Crippen molar-refractivity contribution in [2.45, 2.75) is 52.1 Å². The van der Waals surface area contributed by atoms with E-state index < -0.39 is 0 Å². The Morgan fingerprint density at radius 2 is 1.92 bits per heavy atom. The Morgan fingerprint density at radius 3 is 2.25 bits per heavy atom. The van der Waals surface area contributed by atoms with Gasteiger partial charge in [0.1, 0.15) is 0 Å². The van der Waals surface area contributed by atoms with Crippen molar-refractivity contribution in [3.63, 3.8) is 0 Å². The zero-order valence-corrected chi connectivity index (χ0v) is 9.78. The zero-order valence-electron chi connectivity index (χ0n) is 9.02. The van der Waals surface area contributed by atoms with Crippen molar-refractivity contribution in [1.29, 1.82) is 0 Å². The molecule has 0 bridgehead atoms. The normalized spacial score (nSPS) is 15.2. The second kappa shape index (κ2) is 5.08. The van der Waals surface area contributed by atoms with E-state index in [9.17, 15) is 0 Å². The minimum absolute atomic E-state index is 0.121. The number of hydrogen-bond acceptors (Lipinski definition) is 1. The van der Waals surface area contributed by atoms with Gasteiger partial charge in [0, 0.05) is 17.5 Å². The smallest absolute Gasteiger partial charge is 0.0402 e. The van der Waals surface area contributed by atoms with Gasteiger partial charge in [-0.15, -0.1) is 11.6 Å². The van der Waals surface area contributed by atoms with E-state index in [4.69, 9.17) is 11.6 Å². The summed E-state index contributed by atoms with van der Waals surface area (Å²) in [4.78, 5) is 2.36. The van der Waals surface area contributed by atoms with E-state index in [1.807, 2.05) is 0 Å². The van der Waals surface area contributed by atoms with E-state index in [-0.39, 0.29) is 5.54 Å². The SMILES string of the molecule is CCCC(C)N(C)C(C)(C)CCl. The molecule has 0 heterocycles. The highest BCUT2D eigenvalue weighted by molar-refractivity contribution is 6.18. The first-order valence-electron chi connectivity index (χ1n) is 4.74. The first kappa shape index (κ1) is 12.2. The van der Waals surface area contributed by atoms with Crippen LogP contribution in [-0.4, -0.2) is 29.4 Å². The highest BCUT2D eigenvalue weighted by atomic mass is 35.5. The summed E-state index contributed by atoms with van der Waals surface area (Å²) in [5.74, 6) is 0.692. The summed E-state index contributed by atoms with van der Waals surface area (Å²) in [6, 6.07) is 0.628. The van der Waals surface area contributed by atoms with Gasteiger partial charge >= 0.3 is 0 Å². The van der Waals surface area contributed by atoms with E-state index in [0.29, 0.717) is 11.9 Å².